The molecule has 3 aliphatic heterocycles. The van der Waals surface area contributed by atoms with Gasteiger partial charge in [-0.2, -0.15) is 4.31 Å². The molecule has 8 nitrogen and oxygen atoms in total. The van der Waals surface area contributed by atoms with E-state index in [1.807, 2.05) is 35.2 Å². The van der Waals surface area contributed by atoms with E-state index < -0.39 is 10.0 Å². The van der Waals surface area contributed by atoms with Crippen LogP contribution in [0.2, 0.25) is 0 Å². The SMILES string of the molecule is O=C([C@@H](CNCC1CCC1)c1ccccc1)N1CC2=C(C1)CN(S(=O)(=O)c1ccc3c(c1)OCCO3)C2. The van der Waals surface area contributed by atoms with E-state index in [0.29, 0.717) is 57.4 Å². The Labute approximate surface area is 218 Å². The van der Waals surface area contributed by atoms with Crippen molar-refractivity contribution in [3.63, 3.8) is 0 Å². The smallest absolute Gasteiger partial charge is 0.243 e. The van der Waals surface area contributed by atoms with Gasteiger partial charge >= 0.3 is 0 Å². The first kappa shape index (κ1) is 24.5. The van der Waals surface area contributed by atoms with E-state index in [9.17, 15) is 13.2 Å². The molecule has 2 aromatic rings. The van der Waals surface area contributed by atoms with Crippen molar-refractivity contribution in [2.24, 2.45) is 5.92 Å². The van der Waals surface area contributed by atoms with Gasteiger partial charge in [0.1, 0.15) is 13.2 Å². The fourth-order valence-corrected chi connectivity index (χ4v) is 7.03. The standard InChI is InChI=1S/C28H33N3O5S/c32-28(25(21-7-2-1-3-8-21)15-29-14-20-5-4-6-20)30-16-22-18-31(19-23(22)17-30)37(33,34)24-9-10-26-27(13-24)36-12-11-35-26/h1-3,7-10,13,20,25,29H,4-6,11-12,14-19H2/t25-/m0/s1. The van der Waals surface area contributed by atoms with Crippen LogP contribution in [0.1, 0.15) is 30.7 Å². The van der Waals surface area contributed by atoms with Gasteiger partial charge in [0.25, 0.3) is 0 Å². The second-order valence-electron chi connectivity index (χ2n) is 10.4. The zero-order valence-corrected chi connectivity index (χ0v) is 21.7. The summed E-state index contributed by atoms with van der Waals surface area (Å²) in [6.45, 7) is 4.01. The molecule has 1 N–H and O–H groups in total. The van der Waals surface area contributed by atoms with Crippen LogP contribution in [0, 0.1) is 5.92 Å². The summed E-state index contributed by atoms with van der Waals surface area (Å²) in [4.78, 5) is 15.8. The molecular weight excluding hydrogens is 490 g/mol. The van der Waals surface area contributed by atoms with Crippen LogP contribution in [-0.4, -0.2) is 76.0 Å². The van der Waals surface area contributed by atoms with Crippen LogP contribution in [-0.2, 0) is 14.8 Å². The summed E-state index contributed by atoms with van der Waals surface area (Å²) in [5.74, 6) is 1.60. The lowest BCUT2D eigenvalue weighted by Gasteiger charge is -2.29. The highest BCUT2D eigenvalue weighted by molar-refractivity contribution is 7.89. The van der Waals surface area contributed by atoms with Crippen LogP contribution in [0.3, 0.4) is 0 Å². The minimum Gasteiger partial charge on any atom is -0.486 e. The number of hydrogen-bond acceptors (Lipinski definition) is 6. The molecule has 9 heteroatoms. The molecule has 0 aromatic heterocycles. The van der Waals surface area contributed by atoms with Crippen LogP contribution in [0.15, 0.2) is 64.6 Å². The minimum absolute atomic E-state index is 0.1000. The van der Waals surface area contributed by atoms with Crippen LogP contribution >= 0.6 is 0 Å². The second-order valence-corrected chi connectivity index (χ2v) is 12.3. The summed E-state index contributed by atoms with van der Waals surface area (Å²) in [6.07, 6.45) is 3.84. The first-order chi connectivity index (χ1) is 18.0. The van der Waals surface area contributed by atoms with Gasteiger partial charge < -0.3 is 19.7 Å². The Bertz CT molecular complexity index is 1290. The molecule has 0 unspecified atom stereocenters. The third kappa shape index (κ3) is 4.87. The largest absolute Gasteiger partial charge is 0.486 e. The maximum absolute atomic E-state index is 13.7. The molecule has 0 radical (unpaired) electrons. The van der Waals surface area contributed by atoms with Gasteiger partial charge in [0.15, 0.2) is 11.5 Å². The summed E-state index contributed by atoms with van der Waals surface area (Å²) in [5.41, 5.74) is 3.08. The second kappa shape index (κ2) is 10.1. The average molecular weight is 524 g/mol. The highest BCUT2D eigenvalue weighted by Gasteiger charge is 2.39. The zero-order chi connectivity index (χ0) is 25.4. The van der Waals surface area contributed by atoms with Crippen LogP contribution in [0.4, 0.5) is 0 Å². The number of fused-ring (bicyclic) bond motifs is 1. The van der Waals surface area contributed by atoms with Crippen molar-refractivity contribution in [1.29, 1.82) is 0 Å². The third-order valence-electron chi connectivity index (χ3n) is 7.97. The molecule has 1 atom stereocenters. The first-order valence-electron chi connectivity index (χ1n) is 13.1. The number of rotatable bonds is 8. The van der Waals surface area contributed by atoms with E-state index in [1.54, 1.807) is 18.2 Å². The van der Waals surface area contributed by atoms with Crippen molar-refractivity contribution < 1.29 is 22.7 Å². The molecule has 0 bridgehead atoms. The molecule has 1 saturated carbocycles. The number of ether oxygens (including phenoxy) is 2. The van der Waals surface area contributed by atoms with E-state index in [0.717, 1.165) is 29.2 Å². The maximum atomic E-state index is 13.7. The molecule has 0 spiro atoms. The number of carbonyl (C=O) groups excluding carboxylic acids is 1. The molecular formula is C28H33N3O5S. The summed E-state index contributed by atoms with van der Waals surface area (Å²) in [6, 6.07) is 14.7. The number of nitrogens with zero attached hydrogens (tertiary/aromatic N) is 2. The Morgan fingerprint density at radius 2 is 1.65 bits per heavy atom. The number of nitrogens with one attached hydrogen (secondary N) is 1. The summed E-state index contributed by atoms with van der Waals surface area (Å²) in [7, 11) is -3.69. The molecule has 196 valence electrons. The fraction of sp³-hybridized carbons (Fsp3) is 0.464. The topological polar surface area (TPSA) is 88.2 Å². The molecule has 3 heterocycles. The molecule has 37 heavy (non-hydrogen) atoms. The van der Waals surface area contributed by atoms with E-state index in [2.05, 4.69) is 5.32 Å². The monoisotopic (exact) mass is 523 g/mol. The first-order valence-corrected chi connectivity index (χ1v) is 14.6. The van der Waals surface area contributed by atoms with Crippen LogP contribution < -0.4 is 14.8 Å². The molecule has 6 rings (SSSR count). The fourth-order valence-electron chi connectivity index (χ4n) is 5.59. The van der Waals surface area contributed by atoms with Crippen molar-refractivity contribution in [2.45, 2.75) is 30.1 Å². The van der Waals surface area contributed by atoms with E-state index in [1.165, 1.54) is 23.6 Å². The van der Waals surface area contributed by atoms with E-state index in [-0.39, 0.29) is 16.7 Å². The third-order valence-corrected chi connectivity index (χ3v) is 9.75. The van der Waals surface area contributed by atoms with Crippen molar-refractivity contribution in [2.75, 3.05) is 52.5 Å². The van der Waals surface area contributed by atoms with Crippen molar-refractivity contribution >= 4 is 15.9 Å². The molecule has 1 amide bonds. The number of amides is 1. The predicted molar refractivity (Wildman–Crippen MR) is 139 cm³/mol. The molecule has 1 aliphatic carbocycles. The summed E-state index contributed by atoms with van der Waals surface area (Å²) in [5, 5.41) is 3.54. The van der Waals surface area contributed by atoms with Crippen LogP contribution in [0.5, 0.6) is 11.5 Å². The van der Waals surface area contributed by atoms with Crippen molar-refractivity contribution in [3.05, 3.63) is 65.2 Å². The Balaban J connectivity index is 1.11. The summed E-state index contributed by atoms with van der Waals surface area (Å²) < 4.78 is 39.4. The molecule has 1 fully saturated rings. The van der Waals surface area contributed by atoms with Gasteiger partial charge in [-0.1, -0.05) is 36.8 Å². The van der Waals surface area contributed by atoms with Crippen molar-refractivity contribution in [3.8, 4) is 11.5 Å². The number of benzene rings is 2. The Morgan fingerprint density at radius 3 is 2.32 bits per heavy atom. The Kier molecular flexibility index (Phi) is 6.69. The Hall–Kier alpha value is -2.88. The molecule has 2 aromatic carbocycles. The van der Waals surface area contributed by atoms with Gasteiger partial charge in [0.2, 0.25) is 15.9 Å². The average Bonchev–Trinajstić information content (AvgIpc) is 3.48. The normalized spacial score (nSPS) is 20.6. The Morgan fingerprint density at radius 1 is 0.946 bits per heavy atom. The number of carbonyl (C=O) groups is 1. The maximum Gasteiger partial charge on any atom is 0.243 e. The lowest BCUT2D eigenvalue weighted by molar-refractivity contribution is -0.131. The van der Waals surface area contributed by atoms with Gasteiger partial charge in [-0.3, -0.25) is 4.79 Å². The van der Waals surface area contributed by atoms with Gasteiger partial charge in [-0.15, -0.1) is 0 Å². The van der Waals surface area contributed by atoms with Gasteiger partial charge in [-0.05, 0) is 54.1 Å². The van der Waals surface area contributed by atoms with Gasteiger partial charge in [0, 0.05) is 38.8 Å². The highest BCUT2D eigenvalue weighted by Crippen LogP contribution is 2.36. The zero-order valence-electron chi connectivity index (χ0n) is 20.9. The molecule has 0 saturated heterocycles. The van der Waals surface area contributed by atoms with E-state index >= 15 is 0 Å². The lowest BCUT2D eigenvalue weighted by Crippen LogP contribution is -2.41. The molecule has 4 aliphatic rings. The number of sulfonamides is 1. The summed E-state index contributed by atoms with van der Waals surface area (Å²) >= 11 is 0. The van der Waals surface area contributed by atoms with Gasteiger partial charge in [-0.25, -0.2) is 8.42 Å². The lowest BCUT2D eigenvalue weighted by atomic mass is 9.85. The number of hydrogen-bond donors (Lipinski definition) is 1. The quantitative estimate of drug-likeness (QED) is 0.536. The van der Waals surface area contributed by atoms with Gasteiger partial charge in [0.05, 0.1) is 10.8 Å². The minimum atomic E-state index is -3.69. The van der Waals surface area contributed by atoms with E-state index in [4.69, 9.17) is 9.47 Å². The van der Waals surface area contributed by atoms with Crippen molar-refractivity contribution in [1.82, 2.24) is 14.5 Å². The van der Waals surface area contributed by atoms with Crippen LogP contribution in [0.25, 0.3) is 0 Å². The highest BCUT2D eigenvalue weighted by atomic mass is 32.2. The predicted octanol–water partition coefficient (Wildman–Crippen LogP) is 2.77.